The van der Waals surface area contributed by atoms with E-state index in [1.54, 1.807) is 0 Å². The molecule has 57 heavy (non-hydrogen) atoms. The molecule has 6 heteroatoms. The molecular formula is C51H29N3OS2. The van der Waals surface area contributed by atoms with Crippen molar-refractivity contribution in [1.82, 2.24) is 15.0 Å². The molecule has 0 spiro atoms. The minimum Gasteiger partial charge on any atom is -0.456 e. The van der Waals surface area contributed by atoms with Gasteiger partial charge < -0.3 is 4.42 Å². The van der Waals surface area contributed by atoms with Crippen molar-refractivity contribution >= 4 is 85.0 Å². The van der Waals surface area contributed by atoms with Crippen molar-refractivity contribution in [2.24, 2.45) is 0 Å². The third-order valence-corrected chi connectivity index (χ3v) is 13.3. The molecule has 0 aliphatic heterocycles. The van der Waals surface area contributed by atoms with Crippen LogP contribution in [0.3, 0.4) is 0 Å². The number of hydrogen-bond donors (Lipinski definition) is 0. The molecule has 0 unspecified atom stereocenters. The lowest BCUT2D eigenvalue weighted by atomic mass is 9.93. The highest BCUT2D eigenvalue weighted by Gasteiger charge is 2.21. The Morgan fingerprint density at radius 3 is 1.72 bits per heavy atom. The van der Waals surface area contributed by atoms with Gasteiger partial charge in [0.2, 0.25) is 0 Å². The zero-order chi connectivity index (χ0) is 37.5. The van der Waals surface area contributed by atoms with Crippen LogP contribution < -0.4 is 0 Å². The van der Waals surface area contributed by atoms with Gasteiger partial charge in [0, 0.05) is 67.8 Å². The normalized spacial score (nSPS) is 11.9. The van der Waals surface area contributed by atoms with Gasteiger partial charge in [0.25, 0.3) is 0 Å². The van der Waals surface area contributed by atoms with Crippen LogP contribution in [-0.2, 0) is 0 Å². The van der Waals surface area contributed by atoms with Crippen molar-refractivity contribution in [3.05, 3.63) is 176 Å². The maximum absolute atomic E-state index is 6.54. The maximum Gasteiger partial charge on any atom is 0.164 e. The second-order valence-electron chi connectivity index (χ2n) is 14.3. The molecule has 0 aliphatic carbocycles. The first-order chi connectivity index (χ1) is 28.2. The lowest BCUT2D eigenvalue weighted by Crippen LogP contribution is -2.00. The van der Waals surface area contributed by atoms with Crippen LogP contribution in [0.2, 0.25) is 0 Å². The van der Waals surface area contributed by atoms with Gasteiger partial charge in [-0.05, 0) is 58.7 Å². The average Bonchev–Trinajstić information content (AvgIpc) is 3.97. The largest absolute Gasteiger partial charge is 0.456 e. The predicted molar refractivity (Wildman–Crippen MR) is 240 cm³/mol. The molecular weight excluding hydrogens is 735 g/mol. The van der Waals surface area contributed by atoms with E-state index in [2.05, 4.69) is 103 Å². The Morgan fingerprint density at radius 2 is 0.947 bits per heavy atom. The molecule has 0 bridgehead atoms. The number of furan rings is 1. The van der Waals surface area contributed by atoms with Crippen molar-refractivity contribution in [3.8, 4) is 56.4 Å². The molecule has 0 N–H and O–H groups in total. The van der Waals surface area contributed by atoms with Gasteiger partial charge in [-0.15, -0.1) is 22.7 Å². The van der Waals surface area contributed by atoms with Crippen LogP contribution in [0.1, 0.15) is 0 Å². The number of rotatable bonds is 5. The highest BCUT2D eigenvalue weighted by Crippen LogP contribution is 2.47. The Hall–Kier alpha value is -6.99. The van der Waals surface area contributed by atoms with Gasteiger partial charge in [-0.1, -0.05) is 140 Å². The van der Waals surface area contributed by atoms with Gasteiger partial charge in [-0.2, -0.15) is 0 Å². The van der Waals surface area contributed by atoms with Crippen LogP contribution in [0, 0.1) is 0 Å². The van der Waals surface area contributed by atoms with Crippen LogP contribution in [0.15, 0.2) is 180 Å². The number of benzene rings is 8. The molecule has 0 radical (unpaired) electrons. The molecule has 4 nitrogen and oxygen atoms in total. The first-order valence-corrected chi connectivity index (χ1v) is 20.6. The molecule has 0 atom stereocenters. The zero-order valence-electron chi connectivity index (χ0n) is 30.3. The first kappa shape index (κ1) is 32.3. The SMILES string of the molecule is c1ccc(-c2nc(-c3ccccc3)nc(-c3cccc4oc5ccc(-c6ccc(-c7ccc8c(c7)sc7ccccc78)c7sc8ccccc8c67)cc5c34)n2)cc1. The Balaban J connectivity index is 1.06. The van der Waals surface area contributed by atoms with Crippen molar-refractivity contribution in [2.75, 3.05) is 0 Å². The van der Waals surface area contributed by atoms with E-state index in [0.29, 0.717) is 17.5 Å². The molecule has 4 aromatic heterocycles. The second kappa shape index (κ2) is 12.8. The Labute approximate surface area is 335 Å². The summed E-state index contributed by atoms with van der Waals surface area (Å²) in [6.45, 7) is 0. The van der Waals surface area contributed by atoms with E-state index < -0.39 is 0 Å². The highest BCUT2D eigenvalue weighted by atomic mass is 32.1. The minimum atomic E-state index is 0.604. The van der Waals surface area contributed by atoms with Crippen molar-refractivity contribution in [3.63, 3.8) is 0 Å². The summed E-state index contributed by atoms with van der Waals surface area (Å²) in [5.74, 6) is 1.86. The molecule has 12 aromatic rings. The smallest absolute Gasteiger partial charge is 0.164 e. The van der Waals surface area contributed by atoms with E-state index >= 15 is 0 Å². The summed E-state index contributed by atoms with van der Waals surface area (Å²) >= 11 is 3.74. The average molecular weight is 764 g/mol. The van der Waals surface area contributed by atoms with Crippen LogP contribution >= 0.6 is 22.7 Å². The molecule has 8 aromatic carbocycles. The van der Waals surface area contributed by atoms with Gasteiger partial charge in [0.1, 0.15) is 11.2 Å². The first-order valence-electron chi connectivity index (χ1n) is 18.9. The fraction of sp³-hybridized carbons (Fsp3) is 0. The van der Waals surface area contributed by atoms with E-state index in [1.807, 2.05) is 95.5 Å². The quantitative estimate of drug-likeness (QED) is 0.175. The Bertz CT molecular complexity index is 3470. The molecule has 0 saturated carbocycles. The molecule has 0 saturated heterocycles. The van der Waals surface area contributed by atoms with Gasteiger partial charge in [0.15, 0.2) is 17.5 Å². The lowest BCUT2D eigenvalue weighted by molar-refractivity contribution is 0.669. The number of aromatic nitrogens is 3. The number of nitrogens with zero attached hydrogens (tertiary/aromatic N) is 3. The Morgan fingerprint density at radius 1 is 0.333 bits per heavy atom. The zero-order valence-corrected chi connectivity index (χ0v) is 31.9. The molecule has 266 valence electrons. The summed E-state index contributed by atoms with van der Waals surface area (Å²) < 4.78 is 11.7. The topological polar surface area (TPSA) is 51.8 Å². The second-order valence-corrected chi connectivity index (χ2v) is 16.4. The number of thiophene rings is 2. The van der Waals surface area contributed by atoms with E-state index in [1.165, 1.54) is 57.0 Å². The Kier molecular flexibility index (Phi) is 7.24. The monoisotopic (exact) mass is 763 g/mol. The molecule has 0 aliphatic rings. The van der Waals surface area contributed by atoms with E-state index in [0.717, 1.165) is 44.2 Å². The van der Waals surface area contributed by atoms with E-state index in [4.69, 9.17) is 19.4 Å². The fourth-order valence-electron chi connectivity index (χ4n) is 8.30. The van der Waals surface area contributed by atoms with Gasteiger partial charge in [-0.25, -0.2) is 15.0 Å². The van der Waals surface area contributed by atoms with Crippen molar-refractivity contribution in [1.29, 1.82) is 0 Å². The van der Waals surface area contributed by atoms with Gasteiger partial charge >= 0.3 is 0 Å². The summed E-state index contributed by atoms with van der Waals surface area (Å²) in [6.07, 6.45) is 0. The summed E-state index contributed by atoms with van der Waals surface area (Å²) in [5, 5.41) is 7.18. The summed E-state index contributed by atoms with van der Waals surface area (Å²) in [4.78, 5) is 15.1. The van der Waals surface area contributed by atoms with E-state index in [-0.39, 0.29) is 0 Å². The number of fused-ring (bicyclic) bond motifs is 9. The van der Waals surface area contributed by atoms with E-state index in [9.17, 15) is 0 Å². The summed E-state index contributed by atoms with van der Waals surface area (Å²) in [7, 11) is 0. The fourth-order valence-corrected chi connectivity index (χ4v) is 10.7. The molecule has 4 heterocycles. The molecule has 0 fully saturated rings. The third kappa shape index (κ3) is 5.22. The standard InChI is InChI=1S/C51H29N3OS2/c1-3-12-30(13-4-1)49-52-50(31-14-5-2-6-15-31)54-51(53-49)39-18-11-19-42-46(39)40-28-32(23-27-41(40)55-42)34-25-26-35(48-47(34)38-17-8-10-21-44(38)57-48)33-22-24-37-36-16-7-9-20-43(36)56-45(37)29-33/h1-29H. The van der Waals surface area contributed by atoms with Crippen molar-refractivity contribution < 1.29 is 4.42 Å². The number of hydrogen-bond acceptors (Lipinski definition) is 6. The van der Waals surface area contributed by atoms with Crippen LogP contribution in [0.4, 0.5) is 0 Å². The third-order valence-electron chi connectivity index (χ3n) is 11.0. The van der Waals surface area contributed by atoms with Crippen LogP contribution in [-0.4, -0.2) is 15.0 Å². The molecule has 0 amide bonds. The minimum absolute atomic E-state index is 0.604. The summed E-state index contributed by atoms with van der Waals surface area (Å²) in [6, 6.07) is 62.0. The predicted octanol–water partition coefficient (Wildman–Crippen LogP) is 14.8. The maximum atomic E-state index is 6.54. The van der Waals surface area contributed by atoms with Crippen molar-refractivity contribution in [2.45, 2.75) is 0 Å². The summed E-state index contributed by atoms with van der Waals surface area (Å²) in [5.41, 5.74) is 9.20. The van der Waals surface area contributed by atoms with Crippen LogP contribution in [0.25, 0.3) is 119 Å². The van der Waals surface area contributed by atoms with Gasteiger partial charge in [0.05, 0.1) is 0 Å². The highest BCUT2D eigenvalue weighted by molar-refractivity contribution is 7.26. The van der Waals surface area contributed by atoms with Crippen LogP contribution in [0.5, 0.6) is 0 Å². The lowest BCUT2D eigenvalue weighted by Gasteiger charge is -2.11. The molecule has 12 rings (SSSR count). The van der Waals surface area contributed by atoms with Gasteiger partial charge in [-0.3, -0.25) is 0 Å².